The van der Waals surface area contributed by atoms with Gasteiger partial charge in [0, 0.05) is 19.0 Å². The molecular weight excluding hydrogens is 226 g/mol. The molecule has 0 aromatic heterocycles. The van der Waals surface area contributed by atoms with Crippen molar-refractivity contribution in [3.63, 3.8) is 0 Å². The first-order valence-corrected chi connectivity index (χ1v) is 6.70. The molecule has 0 spiro atoms. The number of alkyl halides is 1. The van der Waals surface area contributed by atoms with Gasteiger partial charge in [-0.25, -0.2) is 0 Å². The molecule has 16 heavy (non-hydrogen) atoms. The second-order valence-corrected chi connectivity index (χ2v) is 5.28. The van der Waals surface area contributed by atoms with E-state index in [-0.39, 0.29) is 5.60 Å². The van der Waals surface area contributed by atoms with Crippen LogP contribution in [0, 0.1) is 0 Å². The quantitative estimate of drug-likeness (QED) is 0.528. The highest BCUT2D eigenvalue weighted by atomic mass is 35.5. The Balaban J connectivity index is 1.88. The van der Waals surface area contributed by atoms with Crippen molar-refractivity contribution in [1.29, 1.82) is 0 Å². The van der Waals surface area contributed by atoms with Crippen LogP contribution in [0.4, 0.5) is 0 Å². The highest BCUT2D eigenvalue weighted by molar-refractivity contribution is 6.17. The lowest BCUT2D eigenvalue weighted by Crippen LogP contribution is -2.30. The summed E-state index contributed by atoms with van der Waals surface area (Å²) in [6, 6.07) is 0. The van der Waals surface area contributed by atoms with Gasteiger partial charge in [-0.2, -0.15) is 0 Å². The number of hydrogen-bond donors (Lipinski definition) is 1. The number of halogens is 1. The largest absolute Gasteiger partial charge is 0.380 e. The van der Waals surface area contributed by atoms with E-state index in [1.54, 1.807) is 0 Å². The topological polar surface area (TPSA) is 30.5 Å². The SMILES string of the molecule is CC1(C)CCC(CNCCCOCCCl)O1. The number of nitrogens with one attached hydrogen (secondary N) is 1. The van der Waals surface area contributed by atoms with Gasteiger partial charge >= 0.3 is 0 Å². The van der Waals surface area contributed by atoms with Gasteiger partial charge in [-0.3, -0.25) is 0 Å². The second kappa shape index (κ2) is 7.49. The van der Waals surface area contributed by atoms with Gasteiger partial charge in [0.25, 0.3) is 0 Å². The van der Waals surface area contributed by atoms with Crippen molar-refractivity contribution in [2.75, 3.05) is 32.2 Å². The third kappa shape index (κ3) is 6.04. The molecule has 0 aliphatic carbocycles. The molecule has 1 saturated heterocycles. The van der Waals surface area contributed by atoms with Gasteiger partial charge in [-0.15, -0.1) is 11.6 Å². The average Bonchev–Trinajstić information content (AvgIpc) is 2.57. The monoisotopic (exact) mass is 249 g/mol. The van der Waals surface area contributed by atoms with E-state index in [9.17, 15) is 0 Å². The molecule has 1 aliphatic heterocycles. The summed E-state index contributed by atoms with van der Waals surface area (Å²) in [5, 5.41) is 3.40. The van der Waals surface area contributed by atoms with Crippen LogP contribution >= 0.6 is 11.6 Å². The van der Waals surface area contributed by atoms with E-state index in [0.29, 0.717) is 18.6 Å². The third-order valence-corrected chi connectivity index (χ3v) is 2.94. The van der Waals surface area contributed by atoms with Crippen molar-refractivity contribution in [3.05, 3.63) is 0 Å². The van der Waals surface area contributed by atoms with Gasteiger partial charge in [-0.05, 0) is 39.7 Å². The van der Waals surface area contributed by atoms with Crippen molar-refractivity contribution in [1.82, 2.24) is 5.32 Å². The molecule has 4 heteroatoms. The summed E-state index contributed by atoms with van der Waals surface area (Å²) in [7, 11) is 0. The number of ether oxygens (including phenoxy) is 2. The maximum Gasteiger partial charge on any atom is 0.0707 e. The molecule has 3 nitrogen and oxygen atoms in total. The summed E-state index contributed by atoms with van der Waals surface area (Å²) in [4.78, 5) is 0. The van der Waals surface area contributed by atoms with Gasteiger partial charge in [-0.1, -0.05) is 0 Å². The molecule has 1 heterocycles. The first kappa shape index (κ1) is 14.2. The fourth-order valence-corrected chi connectivity index (χ4v) is 2.05. The number of rotatable bonds is 8. The Morgan fingerprint density at radius 3 is 2.88 bits per heavy atom. The lowest BCUT2D eigenvalue weighted by Gasteiger charge is -2.19. The van der Waals surface area contributed by atoms with Gasteiger partial charge in [0.2, 0.25) is 0 Å². The standard InChI is InChI=1S/C12H24ClNO2/c1-12(2)5-4-11(16-12)10-14-7-3-8-15-9-6-13/h11,14H,3-10H2,1-2H3. The minimum atomic E-state index is 0.0792. The van der Waals surface area contributed by atoms with Crippen molar-refractivity contribution < 1.29 is 9.47 Å². The van der Waals surface area contributed by atoms with Crippen LogP contribution in [0.1, 0.15) is 33.1 Å². The van der Waals surface area contributed by atoms with E-state index in [1.807, 2.05) is 0 Å². The van der Waals surface area contributed by atoms with Gasteiger partial charge in [0.1, 0.15) is 0 Å². The Morgan fingerprint density at radius 2 is 2.25 bits per heavy atom. The molecule has 1 fully saturated rings. The van der Waals surface area contributed by atoms with E-state index >= 15 is 0 Å². The van der Waals surface area contributed by atoms with Gasteiger partial charge in [0.05, 0.1) is 18.3 Å². The fourth-order valence-electron chi connectivity index (χ4n) is 1.94. The van der Waals surface area contributed by atoms with Crippen LogP contribution in [0.3, 0.4) is 0 Å². The zero-order valence-corrected chi connectivity index (χ0v) is 11.2. The Morgan fingerprint density at radius 1 is 1.44 bits per heavy atom. The molecule has 0 aromatic rings. The minimum absolute atomic E-state index is 0.0792. The van der Waals surface area contributed by atoms with Crippen molar-refractivity contribution >= 4 is 11.6 Å². The minimum Gasteiger partial charge on any atom is -0.380 e. The van der Waals surface area contributed by atoms with Crippen LogP contribution in [0.2, 0.25) is 0 Å². The lowest BCUT2D eigenvalue weighted by molar-refractivity contribution is -0.0142. The van der Waals surface area contributed by atoms with E-state index in [1.165, 1.54) is 6.42 Å². The van der Waals surface area contributed by atoms with Crippen LogP contribution in [-0.2, 0) is 9.47 Å². The Kier molecular flexibility index (Phi) is 6.66. The molecule has 0 radical (unpaired) electrons. The van der Waals surface area contributed by atoms with E-state index < -0.39 is 0 Å². The Bertz CT molecular complexity index is 188. The molecule has 1 aliphatic rings. The van der Waals surface area contributed by atoms with E-state index in [4.69, 9.17) is 21.1 Å². The van der Waals surface area contributed by atoms with Crippen LogP contribution in [0.25, 0.3) is 0 Å². The fraction of sp³-hybridized carbons (Fsp3) is 1.00. The smallest absolute Gasteiger partial charge is 0.0707 e. The van der Waals surface area contributed by atoms with Crippen LogP contribution < -0.4 is 5.32 Å². The zero-order chi connectivity index (χ0) is 11.9. The second-order valence-electron chi connectivity index (χ2n) is 4.90. The van der Waals surface area contributed by atoms with Gasteiger partial charge in [0.15, 0.2) is 0 Å². The normalized spacial score (nSPS) is 23.8. The maximum atomic E-state index is 5.88. The summed E-state index contributed by atoms with van der Waals surface area (Å²) in [6.45, 7) is 7.71. The van der Waals surface area contributed by atoms with Crippen LogP contribution in [0.5, 0.6) is 0 Å². The zero-order valence-electron chi connectivity index (χ0n) is 10.4. The van der Waals surface area contributed by atoms with Crippen molar-refractivity contribution in [3.8, 4) is 0 Å². The molecular formula is C12H24ClNO2. The molecule has 96 valence electrons. The molecule has 1 atom stereocenters. The summed E-state index contributed by atoms with van der Waals surface area (Å²) in [5.41, 5.74) is 0.0792. The molecule has 0 aromatic carbocycles. The van der Waals surface area contributed by atoms with E-state index in [2.05, 4.69) is 19.2 Å². The highest BCUT2D eigenvalue weighted by Crippen LogP contribution is 2.28. The third-order valence-electron chi connectivity index (χ3n) is 2.79. The Hall–Kier alpha value is 0.170. The molecule has 0 bridgehead atoms. The van der Waals surface area contributed by atoms with Crippen LogP contribution in [-0.4, -0.2) is 43.9 Å². The van der Waals surface area contributed by atoms with Crippen molar-refractivity contribution in [2.45, 2.75) is 44.8 Å². The van der Waals surface area contributed by atoms with Gasteiger partial charge < -0.3 is 14.8 Å². The van der Waals surface area contributed by atoms with Crippen molar-refractivity contribution in [2.24, 2.45) is 0 Å². The predicted molar refractivity (Wildman–Crippen MR) is 67.2 cm³/mol. The molecule has 1 rings (SSSR count). The lowest BCUT2D eigenvalue weighted by atomic mass is 10.1. The average molecular weight is 250 g/mol. The first-order chi connectivity index (χ1) is 7.64. The Labute approximate surface area is 104 Å². The predicted octanol–water partition coefficient (Wildman–Crippen LogP) is 2.18. The molecule has 0 amide bonds. The number of hydrogen-bond acceptors (Lipinski definition) is 3. The van der Waals surface area contributed by atoms with E-state index in [0.717, 1.165) is 32.5 Å². The molecule has 1 unspecified atom stereocenters. The first-order valence-electron chi connectivity index (χ1n) is 6.16. The summed E-state index contributed by atoms with van der Waals surface area (Å²) >= 11 is 5.50. The summed E-state index contributed by atoms with van der Waals surface area (Å²) in [6.07, 6.45) is 3.76. The summed E-state index contributed by atoms with van der Waals surface area (Å²) < 4.78 is 11.2. The summed E-state index contributed by atoms with van der Waals surface area (Å²) in [5.74, 6) is 0.582. The highest BCUT2D eigenvalue weighted by Gasteiger charge is 2.30. The molecule has 0 saturated carbocycles. The maximum absolute atomic E-state index is 5.88. The molecule has 1 N–H and O–H groups in total. The van der Waals surface area contributed by atoms with Crippen LogP contribution in [0.15, 0.2) is 0 Å².